The van der Waals surface area contributed by atoms with Crippen molar-refractivity contribution in [1.29, 1.82) is 0 Å². The smallest absolute Gasteiger partial charge is 0.321 e. The first kappa shape index (κ1) is 17.4. The third-order valence-electron chi connectivity index (χ3n) is 2.44. The van der Waals surface area contributed by atoms with Crippen LogP contribution in [0.25, 0.3) is 0 Å². The van der Waals surface area contributed by atoms with Gasteiger partial charge in [0, 0.05) is 6.04 Å². The average Bonchev–Trinajstić information content (AvgIpc) is 2.66. The standard InChI is InChI=1S/C11H17ClN2O4S2/c1-5-18-9(15)6-14(7(2)3)20(16,17)10-8(4)13-11(12)19-10/h7H,5-6H2,1-4H3. The van der Waals surface area contributed by atoms with Gasteiger partial charge in [0.05, 0.1) is 12.3 Å². The van der Waals surface area contributed by atoms with E-state index in [1.54, 1.807) is 27.7 Å². The number of hydrogen-bond donors (Lipinski definition) is 0. The van der Waals surface area contributed by atoms with Crippen molar-refractivity contribution < 1.29 is 17.9 Å². The second-order valence-corrected chi connectivity index (χ2v) is 7.96. The van der Waals surface area contributed by atoms with Crippen molar-refractivity contribution >= 4 is 38.9 Å². The van der Waals surface area contributed by atoms with Crippen LogP contribution in [-0.2, 0) is 19.6 Å². The van der Waals surface area contributed by atoms with E-state index in [0.717, 1.165) is 15.6 Å². The lowest BCUT2D eigenvalue weighted by Gasteiger charge is -2.24. The van der Waals surface area contributed by atoms with Gasteiger partial charge in [-0.05, 0) is 27.7 Å². The van der Waals surface area contributed by atoms with Crippen LogP contribution < -0.4 is 0 Å². The molecule has 0 aliphatic carbocycles. The number of halogens is 1. The molecular weight excluding hydrogens is 324 g/mol. The summed E-state index contributed by atoms with van der Waals surface area (Å²) >= 11 is 6.62. The summed E-state index contributed by atoms with van der Waals surface area (Å²) in [5.41, 5.74) is 0.328. The molecule has 0 saturated heterocycles. The predicted molar refractivity (Wildman–Crippen MR) is 77.5 cm³/mol. The lowest BCUT2D eigenvalue weighted by Crippen LogP contribution is -2.41. The Morgan fingerprint density at radius 1 is 1.50 bits per heavy atom. The highest BCUT2D eigenvalue weighted by Gasteiger charge is 2.32. The van der Waals surface area contributed by atoms with Gasteiger partial charge >= 0.3 is 5.97 Å². The molecule has 0 aliphatic heterocycles. The molecule has 0 bridgehead atoms. The van der Waals surface area contributed by atoms with Crippen molar-refractivity contribution in [1.82, 2.24) is 9.29 Å². The molecule has 0 unspecified atom stereocenters. The minimum absolute atomic E-state index is 0.0560. The maximum absolute atomic E-state index is 12.6. The highest BCUT2D eigenvalue weighted by atomic mass is 35.5. The lowest BCUT2D eigenvalue weighted by molar-refractivity contribution is -0.143. The Balaban J connectivity index is 3.13. The van der Waals surface area contributed by atoms with Gasteiger partial charge in [-0.1, -0.05) is 22.9 Å². The number of esters is 1. The first-order chi connectivity index (χ1) is 9.20. The minimum Gasteiger partial charge on any atom is -0.465 e. The molecule has 1 aromatic rings. The Bertz CT molecular complexity index is 583. The summed E-state index contributed by atoms with van der Waals surface area (Å²) in [5.74, 6) is -0.585. The second-order valence-electron chi connectivity index (χ2n) is 4.29. The van der Waals surface area contributed by atoms with Crippen molar-refractivity contribution in [3.05, 3.63) is 10.2 Å². The van der Waals surface area contributed by atoms with Gasteiger partial charge in [0.1, 0.15) is 6.54 Å². The summed E-state index contributed by atoms with van der Waals surface area (Å²) < 4.78 is 31.3. The highest BCUT2D eigenvalue weighted by molar-refractivity contribution is 7.91. The molecule has 1 aromatic heterocycles. The number of nitrogens with zero attached hydrogens (tertiary/aromatic N) is 2. The zero-order valence-electron chi connectivity index (χ0n) is 11.7. The van der Waals surface area contributed by atoms with E-state index in [-0.39, 0.29) is 27.9 Å². The normalized spacial score (nSPS) is 12.2. The largest absolute Gasteiger partial charge is 0.465 e. The van der Waals surface area contributed by atoms with Crippen LogP contribution in [0.15, 0.2) is 4.21 Å². The molecule has 6 nitrogen and oxygen atoms in total. The molecule has 0 N–H and O–H groups in total. The molecule has 0 amide bonds. The topological polar surface area (TPSA) is 76.6 Å². The van der Waals surface area contributed by atoms with Crippen LogP contribution in [0.3, 0.4) is 0 Å². The molecule has 20 heavy (non-hydrogen) atoms. The number of ether oxygens (including phenoxy) is 1. The minimum atomic E-state index is -3.82. The number of sulfonamides is 1. The third-order valence-corrected chi connectivity index (χ3v) is 6.31. The zero-order chi connectivity index (χ0) is 15.5. The van der Waals surface area contributed by atoms with Gasteiger partial charge in [0.15, 0.2) is 8.68 Å². The van der Waals surface area contributed by atoms with E-state index in [1.165, 1.54) is 0 Å². The monoisotopic (exact) mass is 340 g/mol. The van der Waals surface area contributed by atoms with Crippen LogP contribution >= 0.6 is 22.9 Å². The van der Waals surface area contributed by atoms with Gasteiger partial charge < -0.3 is 4.74 Å². The van der Waals surface area contributed by atoms with Crippen molar-refractivity contribution in [3.63, 3.8) is 0 Å². The fraction of sp³-hybridized carbons (Fsp3) is 0.636. The molecule has 0 atom stereocenters. The SMILES string of the molecule is CCOC(=O)CN(C(C)C)S(=O)(=O)c1sc(Cl)nc1C. The molecule has 0 fully saturated rings. The summed E-state index contributed by atoms with van der Waals surface area (Å²) in [6, 6.07) is -0.385. The van der Waals surface area contributed by atoms with Gasteiger partial charge in [0.2, 0.25) is 0 Å². The summed E-state index contributed by atoms with van der Waals surface area (Å²) in [6.07, 6.45) is 0. The molecule has 0 radical (unpaired) electrons. The maximum atomic E-state index is 12.6. The van der Waals surface area contributed by atoms with Crippen molar-refractivity contribution in [3.8, 4) is 0 Å². The van der Waals surface area contributed by atoms with Crippen LogP contribution in [0, 0.1) is 6.92 Å². The fourth-order valence-electron chi connectivity index (χ4n) is 1.58. The fourth-order valence-corrected chi connectivity index (χ4v) is 5.01. The second kappa shape index (κ2) is 6.84. The first-order valence-corrected chi connectivity index (χ1v) is 8.64. The summed E-state index contributed by atoms with van der Waals surface area (Å²) in [7, 11) is -3.82. The van der Waals surface area contributed by atoms with Gasteiger partial charge in [-0.25, -0.2) is 13.4 Å². The molecule has 0 saturated carbocycles. The number of aryl methyl sites for hydroxylation is 1. The van der Waals surface area contributed by atoms with E-state index < -0.39 is 16.0 Å². The summed E-state index contributed by atoms with van der Waals surface area (Å²) in [5, 5.41) is 0. The first-order valence-electron chi connectivity index (χ1n) is 6.00. The van der Waals surface area contributed by atoms with Crippen LogP contribution in [0.4, 0.5) is 0 Å². The summed E-state index contributed by atoms with van der Waals surface area (Å²) in [4.78, 5) is 15.5. The van der Waals surface area contributed by atoms with Gasteiger partial charge in [-0.3, -0.25) is 4.79 Å². The Morgan fingerprint density at radius 2 is 2.10 bits per heavy atom. The van der Waals surface area contributed by atoms with Crippen LogP contribution in [-0.4, -0.2) is 42.9 Å². The number of carbonyl (C=O) groups excluding carboxylic acids is 1. The number of rotatable bonds is 6. The van der Waals surface area contributed by atoms with E-state index >= 15 is 0 Å². The third kappa shape index (κ3) is 3.91. The number of thiazole rings is 1. The zero-order valence-corrected chi connectivity index (χ0v) is 14.1. The van der Waals surface area contributed by atoms with E-state index in [1.807, 2.05) is 0 Å². The molecule has 0 spiro atoms. The van der Waals surface area contributed by atoms with Crippen LogP contribution in [0.5, 0.6) is 0 Å². The predicted octanol–water partition coefficient (Wildman–Crippen LogP) is 2.07. The molecule has 0 aromatic carbocycles. The molecule has 0 aliphatic rings. The van der Waals surface area contributed by atoms with Crippen molar-refractivity contribution in [2.75, 3.05) is 13.2 Å². The molecular formula is C11H17ClN2O4S2. The number of aromatic nitrogens is 1. The Hall–Kier alpha value is -0.700. The molecule has 9 heteroatoms. The average molecular weight is 341 g/mol. The Kier molecular flexibility index (Phi) is 5.93. The van der Waals surface area contributed by atoms with E-state index in [0.29, 0.717) is 5.69 Å². The number of carbonyl (C=O) groups is 1. The van der Waals surface area contributed by atoms with E-state index in [9.17, 15) is 13.2 Å². The van der Waals surface area contributed by atoms with Gasteiger partial charge in [-0.15, -0.1) is 0 Å². The highest BCUT2D eigenvalue weighted by Crippen LogP contribution is 2.30. The van der Waals surface area contributed by atoms with Gasteiger partial charge in [-0.2, -0.15) is 4.31 Å². The van der Waals surface area contributed by atoms with Crippen LogP contribution in [0.2, 0.25) is 4.47 Å². The van der Waals surface area contributed by atoms with E-state index in [4.69, 9.17) is 16.3 Å². The van der Waals surface area contributed by atoms with Crippen LogP contribution in [0.1, 0.15) is 26.5 Å². The van der Waals surface area contributed by atoms with E-state index in [2.05, 4.69) is 4.98 Å². The summed E-state index contributed by atoms with van der Waals surface area (Å²) in [6.45, 7) is 6.49. The molecule has 114 valence electrons. The van der Waals surface area contributed by atoms with Gasteiger partial charge in [0.25, 0.3) is 10.0 Å². The van der Waals surface area contributed by atoms with Crippen molar-refractivity contribution in [2.24, 2.45) is 0 Å². The maximum Gasteiger partial charge on any atom is 0.321 e. The Labute approximate surface area is 127 Å². The Morgan fingerprint density at radius 3 is 2.50 bits per heavy atom. The van der Waals surface area contributed by atoms with Crippen molar-refractivity contribution in [2.45, 2.75) is 37.9 Å². The molecule has 1 rings (SSSR count). The molecule has 1 heterocycles. The lowest BCUT2D eigenvalue weighted by atomic mass is 10.4. The number of hydrogen-bond acceptors (Lipinski definition) is 6. The quantitative estimate of drug-likeness (QED) is 0.741.